The van der Waals surface area contributed by atoms with Gasteiger partial charge in [-0.2, -0.15) is 0 Å². The summed E-state index contributed by atoms with van der Waals surface area (Å²) in [5, 5.41) is 14.8. The quantitative estimate of drug-likeness (QED) is 0.711. The van der Waals surface area contributed by atoms with Crippen LogP contribution in [0.15, 0.2) is 22.6 Å². The lowest BCUT2D eigenvalue weighted by atomic mass is 9.50. The summed E-state index contributed by atoms with van der Waals surface area (Å²) in [6.07, 6.45) is 10.7. The van der Waals surface area contributed by atoms with Gasteiger partial charge < -0.3 is 0 Å². The zero-order chi connectivity index (χ0) is 18.9. The van der Waals surface area contributed by atoms with Crippen LogP contribution in [0, 0.1) is 17.8 Å². The molecule has 9 heteroatoms. The van der Waals surface area contributed by atoms with Gasteiger partial charge in [-0.1, -0.05) is 11.3 Å². The summed E-state index contributed by atoms with van der Waals surface area (Å²) in [4.78, 5) is 29.9. The fourth-order valence-electron chi connectivity index (χ4n) is 6.01. The summed E-state index contributed by atoms with van der Waals surface area (Å²) in [5.74, 6) is 2.01. The van der Waals surface area contributed by atoms with E-state index in [4.69, 9.17) is 0 Å². The summed E-state index contributed by atoms with van der Waals surface area (Å²) < 4.78 is 1.39. The van der Waals surface area contributed by atoms with Gasteiger partial charge >= 0.3 is 0 Å². The topological polar surface area (TPSA) is 89.2 Å². The second-order valence-electron chi connectivity index (χ2n) is 8.60. The number of carbonyl (C=O) groups is 1. The highest BCUT2D eigenvalue weighted by molar-refractivity contribution is 7.15. The standard InChI is InChI=1S/C19H19N5O2S2/c25-14(13-9-20-18-24(15(13)26)1-2-27-18)21-17-23-22-16(28-17)19-6-10-3-11(7-19)5-12(4-10)8-19/h1-2,9-12H,3-8H2,(H,21,23,25). The van der Waals surface area contributed by atoms with Crippen LogP contribution in [0.25, 0.3) is 4.96 Å². The second kappa shape index (κ2) is 5.93. The highest BCUT2D eigenvalue weighted by Gasteiger charge is 2.53. The van der Waals surface area contributed by atoms with Gasteiger partial charge in [-0.05, 0) is 56.3 Å². The van der Waals surface area contributed by atoms with Crippen LogP contribution in [-0.4, -0.2) is 25.5 Å². The average molecular weight is 414 g/mol. The molecule has 0 saturated heterocycles. The molecule has 4 aliphatic carbocycles. The monoisotopic (exact) mass is 413 g/mol. The van der Waals surface area contributed by atoms with Crippen molar-refractivity contribution in [2.75, 3.05) is 5.32 Å². The van der Waals surface area contributed by atoms with Gasteiger partial charge in [0.1, 0.15) is 10.6 Å². The Hall–Kier alpha value is -2.13. The van der Waals surface area contributed by atoms with Gasteiger partial charge in [0.15, 0.2) is 4.96 Å². The van der Waals surface area contributed by atoms with Crippen LogP contribution in [0.3, 0.4) is 0 Å². The number of hydrogen-bond acceptors (Lipinski definition) is 7. The Labute approximate surface area is 168 Å². The average Bonchev–Trinajstić information content (AvgIpc) is 3.30. The molecule has 0 atom stereocenters. The molecular weight excluding hydrogens is 394 g/mol. The Kier molecular flexibility index (Phi) is 3.56. The van der Waals surface area contributed by atoms with Gasteiger partial charge in [-0.15, -0.1) is 21.5 Å². The molecule has 0 aromatic carbocycles. The molecule has 7 nitrogen and oxygen atoms in total. The summed E-state index contributed by atoms with van der Waals surface area (Å²) in [6.45, 7) is 0. The zero-order valence-corrected chi connectivity index (χ0v) is 16.8. The van der Waals surface area contributed by atoms with Crippen molar-refractivity contribution < 1.29 is 4.79 Å². The normalized spacial score (nSPS) is 30.8. The van der Waals surface area contributed by atoms with Crippen LogP contribution >= 0.6 is 22.7 Å². The Morgan fingerprint density at radius 3 is 2.57 bits per heavy atom. The van der Waals surface area contributed by atoms with Crippen molar-refractivity contribution in [3.05, 3.63) is 38.7 Å². The molecular formula is C19H19N5O2S2. The van der Waals surface area contributed by atoms with E-state index in [0.717, 1.165) is 22.8 Å². The lowest BCUT2D eigenvalue weighted by molar-refractivity contribution is -0.00555. The zero-order valence-electron chi connectivity index (χ0n) is 15.1. The number of amides is 1. The van der Waals surface area contributed by atoms with E-state index in [-0.39, 0.29) is 16.5 Å². The van der Waals surface area contributed by atoms with Gasteiger partial charge in [-0.25, -0.2) is 4.98 Å². The van der Waals surface area contributed by atoms with Crippen molar-refractivity contribution in [2.45, 2.75) is 43.9 Å². The van der Waals surface area contributed by atoms with Gasteiger partial charge in [0, 0.05) is 23.2 Å². The van der Waals surface area contributed by atoms with Gasteiger partial charge in [0.05, 0.1) is 0 Å². The molecule has 4 aliphatic rings. The fourth-order valence-corrected chi connectivity index (χ4v) is 7.64. The number of nitrogens with one attached hydrogen (secondary N) is 1. The van der Waals surface area contributed by atoms with Crippen molar-refractivity contribution >= 4 is 38.7 Å². The first-order valence-corrected chi connectivity index (χ1v) is 11.4. The number of rotatable bonds is 3. The van der Waals surface area contributed by atoms with Crippen LogP contribution in [0.4, 0.5) is 5.13 Å². The molecule has 1 N–H and O–H groups in total. The van der Waals surface area contributed by atoms with E-state index < -0.39 is 5.91 Å². The molecule has 28 heavy (non-hydrogen) atoms. The van der Waals surface area contributed by atoms with Crippen LogP contribution in [0.5, 0.6) is 0 Å². The van der Waals surface area contributed by atoms with Crippen LogP contribution in [0.1, 0.15) is 53.9 Å². The third-order valence-electron chi connectivity index (χ3n) is 6.72. The number of aromatic nitrogens is 4. The van der Waals surface area contributed by atoms with Crippen molar-refractivity contribution in [3.8, 4) is 0 Å². The molecule has 3 aromatic rings. The fraction of sp³-hybridized carbons (Fsp3) is 0.526. The highest BCUT2D eigenvalue weighted by Crippen LogP contribution is 2.61. The minimum Gasteiger partial charge on any atom is -0.296 e. The van der Waals surface area contributed by atoms with Gasteiger partial charge in [0.2, 0.25) is 5.13 Å². The van der Waals surface area contributed by atoms with E-state index in [0.29, 0.717) is 10.1 Å². The lowest BCUT2D eigenvalue weighted by Gasteiger charge is -2.55. The van der Waals surface area contributed by atoms with E-state index in [2.05, 4.69) is 20.5 Å². The molecule has 0 spiro atoms. The second-order valence-corrected chi connectivity index (χ2v) is 10.4. The molecule has 3 heterocycles. The molecule has 0 unspecified atom stereocenters. The third-order valence-corrected chi connectivity index (χ3v) is 8.58. The Morgan fingerprint density at radius 1 is 1.14 bits per heavy atom. The van der Waals surface area contributed by atoms with Crippen LogP contribution < -0.4 is 10.9 Å². The Morgan fingerprint density at radius 2 is 1.86 bits per heavy atom. The maximum absolute atomic E-state index is 12.6. The molecule has 0 aliphatic heterocycles. The maximum Gasteiger partial charge on any atom is 0.271 e. The molecule has 7 rings (SSSR count). The molecule has 3 aromatic heterocycles. The maximum atomic E-state index is 12.6. The largest absolute Gasteiger partial charge is 0.296 e. The number of thiazole rings is 1. The minimum absolute atomic E-state index is 0.0162. The number of hydrogen-bond donors (Lipinski definition) is 1. The number of carbonyl (C=O) groups excluding carboxylic acids is 1. The third kappa shape index (κ3) is 2.49. The van der Waals surface area contributed by atoms with Crippen LogP contribution in [0.2, 0.25) is 0 Å². The first-order valence-electron chi connectivity index (χ1n) is 9.70. The molecule has 1 amide bonds. The summed E-state index contributed by atoms with van der Waals surface area (Å²) in [5.41, 5.74) is -0.191. The van der Waals surface area contributed by atoms with Crippen molar-refractivity contribution in [3.63, 3.8) is 0 Å². The van der Waals surface area contributed by atoms with E-state index in [1.54, 1.807) is 11.6 Å². The van der Waals surface area contributed by atoms with Gasteiger partial charge in [-0.3, -0.25) is 19.3 Å². The SMILES string of the molecule is O=C(Nc1nnc(C23CC4CC(CC(C4)C2)C3)s1)c1cnc2sccn2c1=O. The Balaban J connectivity index is 1.27. The molecule has 0 radical (unpaired) electrons. The van der Waals surface area contributed by atoms with Crippen molar-refractivity contribution in [2.24, 2.45) is 17.8 Å². The lowest BCUT2D eigenvalue weighted by Crippen LogP contribution is -2.48. The van der Waals surface area contributed by atoms with Crippen LogP contribution in [-0.2, 0) is 5.41 Å². The minimum atomic E-state index is -0.480. The molecule has 4 saturated carbocycles. The Bertz CT molecular complexity index is 1110. The van der Waals surface area contributed by atoms with E-state index >= 15 is 0 Å². The first-order chi connectivity index (χ1) is 13.6. The highest BCUT2D eigenvalue weighted by atomic mass is 32.1. The molecule has 4 fully saturated rings. The first kappa shape index (κ1) is 16.8. The number of anilines is 1. The van der Waals surface area contributed by atoms with Crippen molar-refractivity contribution in [1.82, 2.24) is 19.6 Å². The van der Waals surface area contributed by atoms with E-state index in [9.17, 15) is 9.59 Å². The molecule has 4 bridgehead atoms. The number of nitrogens with zero attached hydrogens (tertiary/aromatic N) is 4. The summed E-state index contributed by atoms with van der Waals surface area (Å²) >= 11 is 2.83. The van der Waals surface area contributed by atoms with Crippen molar-refractivity contribution in [1.29, 1.82) is 0 Å². The van der Waals surface area contributed by atoms with E-state index in [1.807, 2.05) is 0 Å². The predicted molar refractivity (Wildman–Crippen MR) is 107 cm³/mol. The summed E-state index contributed by atoms with van der Waals surface area (Å²) in [6, 6.07) is 0. The smallest absolute Gasteiger partial charge is 0.271 e. The number of fused-ring (bicyclic) bond motifs is 1. The summed E-state index contributed by atoms with van der Waals surface area (Å²) in [7, 11) is 0. The predicted octanol–water partition coefficient (Wildman–Crippen LogP) is 3.33. The van der Waals surface area contributed by atoms with E-state index in [1.165, 1.54) is 71.8 Å². The molecule has 144 valence electrons. The van der Waals surface area contributed by atoms with Gasteiger partial charge in [0.25, 0.3) is 11.5 Å².